The lowest BCUT2D eigenvalue weighted by molar-refractivity contribution is -0.384. The van der Waals surface area contributed by atoms with Gasteiger partial charge in [0.15, 0.2) is 11.5 Å². The molecule has 2 aromatic carbocycles. The van der Waals surface area contributed by atoms with Crippen LogP contribution in [0, 0.1) is 10.1 Å². The van der Waals surface area contributed by atoms with Gasteiger partial charge in [0.1, 0.15) is 11.5 Å². The number of anilines is 1. The molecule has 1 amide bonds. The zero-order chi connectivity index (χ0) is 23.4. The highest BCUT2D eigenvalue weighted by molar-refractivity contribution is 6.33. The summed E-state index contributed by atoms with van der Waals surface area (Å²) in [6.07, 6.45) is 4.24. The Bertz CT molecular complexity index is 1370. The highest BCUT2D eigenvalue weighted by atomic mass is 35.5. The SMILES string of the molecule is O=C(/C=C/c1ccc(-c2ccc([N+](=O)[O-])cc2Cl)o1)c1cccc(NC(=O)c2ccco2)c1. The summed E-state index contributed by atoms with van der Waals surface area (Å²) in [5.74, 6) is 0.247. The van der Waals surface area contributed by atoms with Gasteiger partial charge < -0.3 is 14.2 Å². The van der Waals surface area contributed by atoms with Crippen molar-refractivity contribution >= 4 is 40.7 Å². The lowest BCUT2D eigenvalue weighted by Gasteiger charge is -2.04. The smallest absolute Gasteiger partial charge is 0.291 e. The molecule has 9 heteroatoms. The summed E-state index contributed by atoms with van der Waals surface area (Å²) >= 11 is 6.14. The van der Waals surface area contributed by atoms with E-state index >= 15 is 0 Å². The van der Waals surface area contributed by atoms with E-state index in [9.17, 15) is 19.7 Å². The van der Waals surface area contributed by atoms with Crippen molar-refractivity contribution in [3.8, 4) is 11.3 Å². The van der Waals surface area contributed by atoms with E-state index in [-0.39, 0.29) is 22.3 Å². The second kappa shape index (κ2) is 9.37. The number of allylic oxidation sites excluding steroid dienone is 1. The van der Waals surface area contributed by atoms with Gasteiger partial charge in [-0.2, -0.15) is 0 Å². The van der Waals surface area contributed by atoms with Crippen LogP contribution in [0.1, 0.15) is 26.7 Å². The molecular formula is C24H15ClN2O6. The van der Waals surface area contributed by atoms with Crippen LogP contribution in [-0.4, -0.2) is 16.6 Å². The van der Waals surface area contributed by atoms with Crippen molar-refractivity contribution in [1.82, 2.24) is 0 Å². The number of carbonyl (C=O) groups excluding carboxylic acids is 2. The highest BCUT2D eigenvalue weighted by Crippen LogP contribution is 2.32. The first-order valence-electron chi connectivity index (χ1n) is 9.62. The lowest BCUT2D eigenvalue weighted by Crippen LogP contribution is -2.11. The van der Waals surface area contributed by atoms with Gasteiger partial charge in [0.05, 0.1) is 16.2 Å². The van der Waals surface area contributed by atoms with Crippen LogP contribution in [0.15, 0.2) is 87.9 Å². The number of carbonyl (C=O) groups is 2. The molecule has 0 aliphatic rings. The topological polar surface area (TPSA) is 116 Å². The van der Waals surface area contributed by atoms with Crippen molar-refractivity contribution < 1.29 is 23.3 Å². The highest BCUT2D eigenvalue weighted by Gasteiger charge is 2.14. The van der Waals surface area contributed by atoms with Gasteiger partial charge in [-0.3, -0.25) is 19.7 Å². The fourth-order valence-corrected chi connectivity index (χ4v) is 3.28. The standard InChI is InChI=1S/C24H15ClN2O6/c25-20-14-17(27(30)31)6-9-19(20)22-11-8-18(33-22)7-10-21(28)15-3-1-4-16(13-15)26-24(29)23-5-2-12-32-23/h1-14H,(H,26,29)/b10-7+. The molecule has 4 rings (SSSR count). The minimum absolute atomic E-state index is 0.122. The van der Waals surface area contributed by atoms with Crippen molar-refractivity contribution in [3.63, 3.8) is 0 Å². The quantitative estimate of drug-likeness (QED) is 0.150. The molecule has 0 aliphatic carbocycles. The number of nitrogens with zero attached hydrogens (tertiary/aromatic N) is 1. The van der Waals surface area contributed by atoms with Crippen LogP contribution in [0.25, 0.3) is 17.4 Å². The van der Waals surface area contributed by atoms with E-state index in [0.29, 0.717) is 28.3 Å². The minimum Gasteiger partial charge on any atom is -0.459 e. The molecule has 0 saturated carbocycles. The second-order valence-electron chi connectivity index (χ2n) is 6.83. The molecule has 164 valence electrons. The van der Waals surface area contributed by atoms with Crippen LogP contribution < -0.4 is 5.32 Å². The number of ketones is 1. The molecule has 0 radical (unpaired) electrons. The molecule has 2 heterocycles. The van der Waals surface area contributed by atoms with E-state index in [0.717, 1.165) is 0 Å². The average Bonchev–Trinajstić information content (AvgIpc) is 3.50. The average molecular weight is 463 g/mol. The molecule has 2 aromatic heterocycles. The lowest BCUT2D eigenvalue weighted by atomic mass is 10.1. The third-order valence-corrected chi connectivity index (χ3v) is 4.92. The van der Waals surface area contributed by atoms with Gasteiger partial charge in [0, 0.05) is 28.9 Å². The zero-order valence-corrected chi connectivity index (χ0v) is 17.6. The normalized spacial score (nSPS) is 10.9. The number of benzene rings is 2. The van der Waals surface area contributed by atoms with Gasteiger partial charge in [-0.15, -0.1) is 0 Å². The van der Waals surface area contributed by atoms with Crippen LogP contribution in [0.5, 0.6) is 0 Å². The molecule has 4 aromatic rings. The van der Waals surface area contributed by atoms with E-state index in [4.69, 9.17) is 20.4 Å². The largest absolute Gasteiger partial charge is 0.459 e. The Hall–Kier alpha value is -4.43. The zero-order valence-electron chi connectivity index (χ0n) is 16.9. The summed E-state index contributed by atoms with van der Waals surface area (Å²) in [7, 11) is 0. The van der Waals surface area contributed by atoms with Crippen LogP contribution in [0.3, 0.4) is 0 Å². The summed E-state index contributed by atoms with van der Waals surface area (Å²) < 4.78 is 10.7. The number of amides is 1. The van der Waals surface area contributed by atoms with Gasteiger partial charge in [-0.25, -0.2) is 0 Å². The summed E-state index contributed by atoms with van der Waals surface area (Å²) in [4.78, 5) is 35.0. The Balaban J connectivity index is 1.46. The molecular weight excluding hydrogens is 448 g/mol. The number of non-ortho nitro benzene ring substituents is 1. The molecule has 8 nitrogen and oxygen atoms in total. The fraction of sp³-hybridized carbons (Fsp3) is 0. The Labute approximate surface area is 192 Å². The van der Waals surface area contributed by atoms with E-state index in [1.165, 1.54) is 42.7 Å². The molecule has 33 heavy (non-hydrogen) atoms. The van der Waals surface area contributed by atoms with Crippen molar-refractivity contribution in [2.75, 3.05) is 5.32 Å². The van der Waals surface area contributed by atoms with Crippen LogP contribution in [0.4, 0.5) is 11.4 Å². The molecule has 0 aliphatic heterocycles. The van der Waals surface area contributed by atoms with Crippen molar-refractivity contribution in [1.29, 1.82) is 0 Å². The summed E-state index contributed by atoms with van der Waals surface area (Å²) in [6, 6.07) is 17.0. The van der Waals surface area contributed by atoms with Crippen molar-refractivity contribution in [3.05, 3.63) is 111 Å². The van der Waals surface area contributed by atoms with Gasteiger partial charge in [-0.1, -0.05) is 23.7 Å². The first-order chi connectivity index (χ1) is 15.9. The third kappa shape index (κ3) is 5.08. The predicted molar refractivity (Wildman–Crippen MR) is 122 cm³/mol. The number of halogens is 1. The monoisotopic (exact) mass is 462 g/mol. The van der Waals surface area contributed by atoms with Gasteiger partial charge in [-0.05, 0) is 54.6 Å². The molecule has 1 N–H and O–H groups in total. The van der Waals surface area contributed by atoms with E-state index in [1.807, 2.05) is 0 Å². The van der Waals surface area contributed by atoms with Gasteiger partial charge >= 0.3 is 0 Å². The Kier molecular flexibility index (Phi) is 6.19. The molecule has 0 fully saturated rings. The van der Waals surface area contributed by atoms with Crippen LogP contribution in [-0.2, 0) is 0 Å². The Morgan fingerprint density at radius 1 is 1.03 bits per heavy atom. The second-order valence-corrected chi connectivity index (χ2v) is 7.24. The molecule has 0 bridgehead atoms. The number of nitrogens with one attached hydrogen (secondary N) is 1. The number of hydrogen-bond donors (Lipinski definition) is 1. The number of hydrogen-bond acceptors (Lipinski definition) is 6. The van der Waals surface area contributed by atoms with Crippen molar-refractivity contribution in [2.24, 2.45) is 0 Å². The maximum absolute atomic E-state index is 12.6. The minimum atomic E-state index is -0.533. The number of nitro benzene ring substituents is 1. The third-order valence-electron chi connectivity index (χ3n) is 4.60. The van der Waals surface area contributed by atoms with Gasteiger partial charge in [0.25, 0.3) is 11.6 Å². The maximum Gasteiger partial charge on any atom is 0.291 e. The van der Waals surface area contributed by atoms with Crippen molar-refractivity contribution in [2.45, 2.75) is 0 Å². The Morgan fingerprint density at radius 2 is 1.88 bits per heavy atom. The number of rotatable bonds is 7. The van der Waals surface area contributed by atoms with E-state index in [2.05, 4.69) is 5.32 Å². The van der Waals surface area contributed by atoms with Crippen LogP contribution >= 0.6 is 11.6 Å². The Morgan fingerprint density at radius 3 is 2.61 bits per heavy atom. The van der Waals surface area contributed by atoms with Gasteiger partial charge in [0.2, 0.25) is 0 Å². The van der Waals surface area contributed by atoms with E-state index < -0.39 is 10.8 Å². The summed E-state index contributed by atoms with van der Waals surface area (Å²) in [5, 5.41) is 13.7. The maximum atomic E-state index is 12.6. The summed E-state index contributed by atoms with van der Waals surface area (Å²) in [5.41, 5.74) is 1.19. The predicted octanol–water partition coefficient (Wildman–Crippen LogP) is 6.25. The first-order valence-corrected chi connectivity index (χ1v) is 10.00. The van der Waals surface area contributed by atoms with E-state index in [1.54, 1.807) is 42.5 Å². The molecule has 0 spiro atoms. The molecule has 0 atom stereocenters. The number of nitro groups is 1. The molecule has 0 saturated heterocycles. The number of furan rings is 2. The first kappa shape index (κ1) is 21.8. The molecule has 0 unspecified atom stereocenters. The fourth-order valence-electron chi connectivity index (χ4n) is 3.01. The summed E-state index contributed by atoms with van der Waals surface area (Å²) in [6.45, 7) is 0. The van der Waals surface area contributed by atoms with Crippen LogP contribution in [0.2, 0.25) is 5.02 Å².